The van der Waals surface area contributed by atoms with E-state index in [0.29, 0.717) is 59.0 Å². The summed E-state index contributed by atoms with van der Waals surface area (Å²) in [7, 11) is 3.41. The molecule has 1 aliphatic heterocycles. The van der Waals surface area contributed by atoms with E-state index in [4.69, 9.17) is 37.8 Å². The number of nitrogens with zero attached hydrogens (tertiary/aromatic N) is 4. The second kappa shape index (κ2) is 13.0. The Balaban J connectivity index is 1.38. The first-order valence-corrected chi connectivity index (χ1v) is 17.6. The van der Waals surface area contributed by atoms with E-state index in [9.17, 15) is 14.7 Å². The second-order valence-electron chi connectivity index (χ2n) is 13.3. The molecule has 1 atom stereocenters. The van der Waals surface area contributed by atoms with Crippen LogP contribution in [0.15, 0.2) is 42.6 Å². The maximum absolute atomic E-state index is 15.0. The first-order chi connectivity index (χ1) is 24.3. The van der Waals surface area contributed by atoms with Crippen molar-refractivity contribution >= 4 is 62.6 Å². The fourth-order valence-electron chi connectivity index (χ4n) is 7.70. The lowest BCUT2D eigenvalue weighted by atomic mass is 9.98. The lowest BCUT2D eigenvalue weighted by Gasteiger charge is -2.34. The van der Waals surface area contributed by atoms with Gasteiger partial charge in [0, 0.05) is 53.1 Å². The summed E-state index contributed by atoms with van der Waals surface area (Å²) in [5, 5.41) is 17.3. The highest BCUT2D eigenvalue weighted by Crippen LogP contribution is 2.46. The van der Waals surface area contributed by atoms with Crippen molar-refractivity contribution in [3.8, 4) is 22.6 Å². The zero-order valence-electron chi connectivity index (χ0n) is 29.6. The zero-order chi connectivity index (χ0) is 36.5. The Kier molecular flexibility index (Phi) is 8.80. The minimum atomic E-state index is -1.09. The van der Waals surface area contributed by atoms with Crippen LogP contribution < -0.4 is 14.4 Å². The van der Waals surface area contributed by atoms with Gasteiger partial charge >= 0.3 is 5.97 Å². The minimum absolute atomic E-state index is 0.0728. The van der Waals surface area contributed by atoms with Gasteiger partial charge in [-0.15, -0.1) is 0 Å². The number of rotatable bonds is 9. The van der Waals surface area contributed by atoms with E-state index >= 15 is 0 Å². The summed E-state index contributed by atoms with van der Waals surface area (Å²) in [5.74, 6) is -0.120. The molecule has 3 aromatic heterocycles. The molecule has 6 aromatic rings. The number of fused-ring (bicyclic) bond motifs is 4. The molecule has 0 radical (unpaired) electrons. The lowest BCUT2D eigenvalue weighted by Crippen LogP contribution is -2.42. The number of carboxylic acids is 1. The standard InChI is InChI=1S/C39H39Cl2N5O5/c1-19-15-24(16-20(2)34(19)41)51-14-8-9-25-26-10-11-28(40)33(31-22(4)43-44(6)23(31)5)36(26)46-21(3)18-45(38(47)37(25)46)29-12-13-30(50-7)32-27(39(48)49)17-42-35(29)32/h10-13,15-17,21,42H,8-9,14,18H2,1-7H3,(H,48,49). The number of benzene rings is 3. The molecule has 0 bridgehead atoms. The molecule has 1 unspecified atom stereocenters. The summed E-state index contributed by atoms with van der Waals surface area (Å²) in [5.41, 5.74) is 9.05. The van der Waals surface area contributed by atoms with Crippen LogP contribution >= 0.6 is 23.2 Å². The van der Waals surface area contributed by atoms with Gasteiger partial charge in [0.25, 0.3) is 5.91 Å². The van der Waals surface area contributed by atoms with Crippen molar-refractivity contribution in [1.29, 1.82) is 0 Å². The molecule has 0 saturated heterocycles. The van der Waals surface area contributed by atoms with Gasteiger partial charge in [-0.25, -0.2) is 4.79 Å². The van der Waals surface area contributed by atoms with E-state index < -0.39 is 5.97 Å². The monoisotopic (exact) mass is 727 g/mol. The van der Waals surface area contributed by atoms with E-state index in [1.807, 2.05) is 63.7 Å². The van der Waals surface area contributed by atoms with Crippen molar-refractivity contribution < 1.29 is 24.2 Å². The number of H-pyrrole nitrogens is 1. The van der Waals surface area contributed by atoms with E-state index in [1.165, 1.54) is 13.3 Å². The molecule has 2 N–H and O–H groups in total. The predicted molar refractivity (Wildman–Crippen MR) is 202 cm³/mol. The molecule has 10 nitrogen and oxygen atoms in total. The van der Waals surface area contributed by atoms with Gasteiger partial charge in [-0.1, -0.05) is 29.3 Å². The maximum atomic E-state index is 15.0. The molecule has 7 rings (SSSR count). The number of carbonyl (C=O) groups is 2. The topological polar surface area (TPSA) is 115 Å². The fourth-order valence-corrected chi connectivity index (χ4v) is 8.06. The highest BCUT2D eigenvalue weighted by atomic mass is 35.5. The molecule has 3 aromatic carbocycles. The smallest absolute Gasteiger partial charge is 0.338 e. The van der Waals surface area contributed by atoms with E-state index in [1.54, 1.807) is 17.0 Å². The Bertz CT molecular complexity index is 2380. The number of ether oxygens (including phenoxy) is 2. The van der Waals surface area contributed by atoms with E-state index in [2.05, 4.69) is 16.5 Å². The lowest BCUT2D eigenvalue weighted by molar-refractivity contribution is 0.0698. The van der Waals surface area contributed by atoms with Crippen LogP contribution in [0.25, 0.3) is 32.9 Å². The fraction of sp³-hybridized carbons (Fsp3) is 0.308. The third kappa shape index (κ3) is 5.52. The number of aryl methyl sites for hydroxylation is 5. The highest BCUT2D eigenvalue weighted by molar-refractivity contribution is 6.35. The Labute approximate surface area is 305 Å². The van der Waals surface area contributed by atoms with Gasteiger partial charge in [-0.3, -0.25) is 9.48 Å². The Morgan fingerprint density at radius 2 is 1.80 bits per heavy atom. The van der Waals surface area contributed by atoms with Gasteiger partial charge in [0.15, 0.2) is 0 Å². The van der Waals surface area contributed by atoms with Crippen molar-refractivity contribution in [2.24, 2.45) is 7.05 Å². The van der Waals surface area contributed by atoms with Gasteiger partial charge in [0.2, 0.25) is 0 Å². The number of halogens is 2. The van der Waals surface area contributed by atoms with Crippen molar-refractivity contribution in [3.63, 3.8) is 0 Å². The number of carbonyl (C=O) groups excluding carboxylic acids is 1. The number of hydrogen-bond donors (Lipinski definition) is 2. The Hall–Kier alpha value is -4.93. The molecule has 12 heteroatoms. The summed E-state index contributed by atoms with van der Waals surface area (Å²) < 4.78 is 15.7. The van der Waals surface area contributed by atoms with Gasteiger partial charge in [0.1, 0.15) is 17.2 Å². The molecule has 0 fully saturated rings. The number of nitrogens with one attached hydrogen (secondary N) is 1. The van der Waals surface area contributed by atoms with Gasteiger partial charge < -0.3 is 29.0 Å². The third-order valence-electron chi connectivity index (χ3n) is 10.1. The van der Waals surface area contributed by atoms with Gasteiger partial charge in [-0.05, 0) is 94.5 Å². The van der Waals surface area contributed by atoms with Crippen LogP contribution in [0.5, 0.6) is 11.5 Å². The average Bonchev–Trinajstić information content (AvgIpc) is 3.75. The number of aromatic carboxylic acids is 1. The first kappa shape index (κ1) is 34.5. The molecule has 0 spiro atoms. The van der Waals surface area contributed by atoms with Gasteiger partial charge in [0.05, 0.1) is 52.1 Å². The second-order valence-corrected chi connectivity index (χ2v) is 14.1. The summed E-state index contributed by atoms with van der Waals surface area (Å²) in [6.07, 6.45) is 2.64. The Morgan fingerprint density at radius 1 is 1.08 bits per heavy atom. The molecule has 0 aliphatic carbocycles. The molecule has 51 heavy (non-hydrogen) atoms. The maximum Gasteiger partial charge on any atom is 0.338 e. The van der Waals surface area contributed by atoms with Crippen LogP contribution in [-0.2, 0) is 13.5 Å². The van der Waals surface area contributed by atoms with Crippen LogP contribution in [0.4, 0.5) is 5.69 Å². The summed E-state index contributed by atoms with van der Waals surface area (Å²) in [6, 6.07) is 11.1. The van der Waals surface area contributed by atoms with Crippen LogP contribution in [0.1, 0.15) is 68.3 Å². The zero-order valence-corrected chi connectivity index (χ0v) is 31.1. The van der Waals surface area contributed by atoms with E-state index in [0.717, 1.165) is 60.9 Å². The number of carboxylic acid groups (broad SMARTS) is 1. The molecule has 264 valence electrons. The minimum Gasteiger partial charge on any atom is -0.496 e. The number of amides is 1. The van der Waals surface area contributed by atoms with Crippen molar-refractivity contribution in [2.45, 2.75) is 53.5 Å². The van der Waals surface area contributed by atoms with E-state index in [-0.39, 0.29) is 17.5 Å². The molecule has 1 amide bonds. The molecule has 0 saturated carbocycles. The van der Waals surface area contributed by atoms with Crippen molar-refractivity contribution in [2.75, 3.05) is 25.2 Å². The number of aromatic nitrogens is 4. The summed E-state index contributed by atoms with van der Waals surface area (Å²) in [4.78, 5) is 32.0. The van der Waals surface area contributed by atoms with Crippen molar-refractivity contribution in [1.82, 2.24) is 19.3 Å². The normalized spacial score (nSPS) is 14.5. The Morgan fingerprint density at radius 3 is 2.45 bits per heavy atom. The number of anilines is 1. The largest absolute Gasteiger partial charge is 0.496 e. The molecule has 4 heterocycles. The number of methoxy groups -OCH3 is 1. The summed E-state index contributed by atoms with van der Waals surface area (Å²) in [6.45, 7) is 10.8. The quantitative estimate of drug-likeness (QED) is 0.144. The molecular formula is C39H39Cl2N5O5. The van der Waals surface area contributed by atoms with Crippen LogP contribution in [0.2, 0.25) is 10.0 Å². The molecular weight excluding hydrogens is 689 g/mol. The first-order valence-electron chi connectivity index (χ1n) is 16.8. The third-order valence-corrected chi connectivity index (χ3v) is 11.0. The van der Waals surface area contributed by atoms with Crippen molar-refractivity contribution in [3.05, 3.63) is 92.0 Å². The highest BCUT2D eigenvalue weighted by Gasteiger charge is 2.38. The average molecular weight is 729 g/mol. The van der Waals surface area contributed by atoms with Crippen LogP contribution in [0.3, 0.4) is 0 Å². The van der Waals surface area contributed by atoms with Gasteiger partial charge in [-0.2, -0.15) is 5.10 Å². The van der Waals surface area contributed by atoms with Crippen LogP contribution in [0, 0.1) is 27.7 Å². The molecule has 1 aliphatic rings. The number of hydrogen-bond acceptors (Lipinski definition) is 5. The van der Waals surface area contributed by atoms with Crippen LogP contribution in [-0.4, -0.2) is 56.6 Å². The summed E-state index contributed by atoms with van der Waals surface area (Å²) >= 11 is 13.5. The SMILES string of the molecule is COc1ccc(N2CC(C)n3c(c(CCCOc4cc(C)c(Cl)c(C)c4)c4ccc(Cl)c(-c5c(C)nn(C)c5C)c43)C2=O)c2[nH]cc(C(=O)O)c12. The number of aromatic amines is 1. The predicted octanol–water partition coefficient (Wildman–Crippen LogP) is 9.00.